The van der Waals surface area contributed by atoms with Crippen LogP contribution in [0.4, 0.5) is 0 Å². The van der Waals surface area contributed by atoms with E-state index in [9.17, 15) is 4.79 Å². The van der Waals surface area contributed by atoms with Gasteiger partial charge in [0.05, 0.1) is 0 Å². The molecule has 0 atom stereocenters. The molecule has 0 N–H and O–H groups in total. The Balaban J connectivity index is 1.67. The van der Waals surface area contributed by atoms with E-state index < -0.39 is 0 Å². The molecule has 0 spiro atoms. The summed E-state index contributed by atoms with van der Waals surface area (Å²) in [6, 6.07) is 49.4. The first-order valence-corrected chi connectivity index (χ1v) is 12.2. The molecule has 2 aliphatic rings. The quantitative estimate of drug-likeness (QED) is 0.235. The van der Waals surface area contributed by atoms with Crippen LogP contribution in [0.15, 0.2) is 146 Å². The number of hydrogen-bond donors (Lipinski definition) is 0. The molecule has 0 aliphatic heterocycles. The third-order valence-electron chi connectivity index (χ3n) is 6.65. The van der Waals surface area contributed by atoms with Gasteiger partial charge in [-0.05, 0) is 68.8 Å². The highest BCUT2D eigenvalue weighted by atomic mass is 16.1. The number of ketones is 1. The summed E-state index contributed by atoms with van der Waals surface area (Å²) >= 11 is 0. The third-order valence-corrected chi connectivity index (χ3v) is 6.65. The molecule has 0 fully saturated rings. The number of rotatable bonds is 5. The van der Waals surface area contributed by atoms with E-state index in [4.69, 9.17) is 0 Å². The fourth-order valence-corrected chi connectivity index (χ4v) is 4.85. The monoisotopic (exact) mass is 460 g/mol. The molecule has 1 nitrogen and oxygen atoms in total. The molecule has 4 aromatic carbocycles. The van der Waals surface area contributed by atoms with Crippen molar-refractivity contribution in [3.05, 3.63) is 157 Å². The van der Waals surface area contributed by atoms with E-state index in [-0.39, 0.29) is 5.78 Å². The molecule has 0 bridgehead atoms. The van der Waals surface area contributed by atoms with E-state index in [2.05, 4.69) is 84.9 Å². The molecule has 0 aromatic heterocycles. The van der Waals surface area contributed by atoms with Crippen molar-refractivity contribution in [1.29, 1.82) is 0 Å². The minimum atomic E-state index is 0.0363. The molecule has 0 amide bonds. The SMILES string of the molecule is O=C(c1ccccc1)c1cc(-c2ccccc2)c2cc(-c3ccccc3)cc(-c3ccccc3)cc1-2. The van der Waals surface area contributed by atoms with Gasteiger partial charge < -0.3 is 0 Å². The molecule has 0 unspecified atom stereocenters. The number of carbonyl (C=O) groups is 1. The lowest BCUT2D eigenvalue weighted by atomic mass is 9.98. The smallest absolute Gasteiger partial charge is 0.193 e. The second-order valence-corrected chi connectivity index (χ2v) is 8.94. The van der Waals surface area contributed by atoms with Crippen LogP contribution in [0.5, 0.6) is 0 Å². The molecule has 6 rings (SSSR count). The third kappa shape index (κ3) is 4.12. The zero-order chi connectivity index (χ0) is 24.3. The van der Waals surface area contributed by atoms with Crippen molar-refractivity contribution < 1.29 is 4.79 Å². The summed E-state index contributed by atoms with van der Waals surface area (Å²) < 4.78 is 0. The van der Waals surface area contributed by atoms with Crippen molar-refractivity contribution in [2.45, 2.75) is 0 Å². The van der Waals surface area contributed by atoms with Crippen LogP contribution in [0.2, 0.25) is 0 Å². The van der Waals surface area contributed by atoms with Gasteiger partial charge in [0, 0.05) is 11.1 Å². The van der Waals surface area contributed by atoms with Crippen LogP contribution >= 0.6 is 0 Å². The summed E-state index contributed by atoms with van der Waals surface area (Å²) in [5.74, 6) is 0.0363. The molecular weight excluding hydrogens is 436 g/mol. The summed E-state index contributed by atoms with van der Waals surface area (Å²) in [4.78, 5) is 13.8. The Kier molecular flexibility index (Phi) is 5.73. The predicted octanol–water partition coefficient (Wildman–Crippen LogP) is 9.02. The van der Waals surface area contributed by atoms with Crippen molar-refractivity contribution in [2.75, 3.05) is 0 Å². The van der Waals surface area contributed by atoms with Gasteiger partial charge in [0.2, 0.25) is 0 Å². The molecule has 0 saturated carbocycles. The first-order valence-electron chi connectivity index (χ1n) is 12.2. The van der Waals surface area contributed by atoms with Gasteiger partial charge in [0.1, 0.15) is 0 Å². The first kappa shape index (κ1) is 21.8. The van der Waals surface area contributed by atoms with E-state index in [1.54, 1.807) is 0 Å². The number of hydrogen-bond acceptors (Lipinski definition) is 1. The zero-order valence-corrected chi connectivity index (χ0v) is 19.8. The van der Waals surface area contributed by atoms with Gasteiger partial charge in [-0.2, -0.15) is 0 Å². The standard InChI is InChI=1S/C35H24O/c36-35(28-19-11-4-12-20-28)34-24-31(27-17-9-3-10-18-27)32-22-29(25-13-5-1-6-14-25)21-30(23-33(32)34)26-15-7-2-8-16-26/h1-24H. The maximum atomic E-state index is 13.8. The van der Waals surface area contributed by atoms with Crippen molar-refractivity contribution >= 4 is 5.78 Å². The van der Waals surface area contributed by atoms with Crippen LogP contribution in [-0.4, -0.2) is 5.78 Å². The highest BCUT2D eigenvalue weighted by Gasteiger charge is 2.23. The summed E-state index contributed by atoms with van der Waals surface area (Å²) in [7, 11) is 0. The highest BCUT2D eigenvalue weighted by Crippen LogP contribution is 2.43. The van der Waals surface area contributed by atoms with E-state index in [0.29, 0.717) is 5.56 Å². The lowest BCUT2D eigenvalue weighted by Crippen LogP contribution is -2.00. The minimum absolute atomic E-state index is 0.0363. The highest BCUT2D eigenvalue weighted by molar-refractivity contribution is 6.16. The maximum Gasteiger partial charge on any atom is 0.193 e. The normalized spacial score (nSPS) is 10.9. The van der Waals surface area contributed by atoms with Crippen LogP contribution < -0.4 is 0 Å². The Bertz CT molecular complexity index is 1600. The molecule has 2 aliphatic carbocycles. The minimum Gasteiger partial charge on any atom is -0.289 e. The maximum absolute atomic E-state index is 13.8. The average Bonchev–Trinajstić information content (AvgIpc) is 3.18. The van der Waals surface area contributed by atoms with E-state index in [1.807, 2.05) is 60.7 Å². The van der Waals surface area contributed by atoms with Crippen LogP contribution in [0, 0.1) is 0 Å². The fraction of sp³-hybridized carbons (Fsp3) is 0. The zero-order valence-electron chi connectivity index (χ0n) is 19.8. The van der Waals surface area contributed by atoms with Crippen molar-refractivity contribution in [3.8, 4) is 44.5 Å². The summed E-state index contributed by atoms with van der Waals surface area (Å²) in [5, 5.41) is 0. The first-order chi connectivity index (χ1) is 17.8. The van der Waals surface area contributed by atoms with Crippen molar-refractivity contribution in [3.63, 3.8) is 0 Å². The topological polar surface area (TPSA) is 17.1 Å². The van der Waals surface area contributed by atoms with Crippen LogP contribution in [0.1, 0.15) is 15.9 Å². The number of benzene rings is 4. The Morgan fingerprint density at radius 2 is 0.806 bits per heavy atom. The van der Waals surface area contributed by atoms with Gasteiger partial charge >= 0.3 is 0 Å². The second kappa shape index (κ2) is 9.48. The lowest BCUT2D eigenvalue weighted by Gasteiger charge is -2.05. The fourth-order valence-electron chi connectivity index (χ4n) is 4.85. The molecular formula is C35H24O. The molecule has 4 aromatic rings. The van der Waals surface area contributed by atoms with E-state index >= 15 is 0 Å². The molecule has 1 heteroatoms. The van der Waals surface area contributed by atoms with Gasteiger partial charge in [-0.1, -0.05) is 121 Å². The lowest BCUT2D eigenvalue weighted by molar-refractivity contribution is 0.103. The largest absolute Gasteiger partial charge is 0.289 e. The Labute approximate surface area is 211 Å². The molecule has 0 saturated heterocycles. The van der Waals surface area contributed by atoms with Gasteiger partial charge in [0.25, 0.3) is 0 Å². The van der Waals surface area contributed by atoms with Gasteiger partial charge in [-0.25, -0.2) is 0 Å². The van der Waals surface area contributed by atoms with Crippen LogP contribution in [0.3, 0.4) is 0 Å². The summed E-state index contributed by atoms with van der Waals surface area (Å²) in [6.07, 6.45) is 0. The summed E-state index contributed by atoms with van der Waals surface area (Å²) in [5.41, 5.74) is 10.1. The number of fused-ring (bicyclic) bond motifs is 1. The summed E-state index contributed by atoms with van der Waals surface area (Å²) in [6.45, 7) is 0. The number of carbonyl (C=O) groups excluding carboxylic acids is 1. The van der Waals surface area contributed by atoms with Crippen LogP contribution in [-0.2, 0) is 0 Å². The Morgan fingerprint density at radius 1 is 0.361 bits per heavy atom. The van der Waals surface area contributed by atoms with E-state index in [1.165, 1.54) is 0 Å². The molecule has 0 radical (unpaired) electrons. The Morgan fingerprint density at radius 3 is 1.33 bits per heavy atom. The average molecular weight is 461 g/mol. The van der Waals surface area contributed by atoms with Crippen molar-refractivity contribution in [2.24, 2.45) is 0 Å². The predicted molar refractivity (Wildman–Crippen MR) is 149 cm³/mol. The van der Waals surface area contributed by atoms with Crippen LogP contribution in [0.25, 0.3) is 44.5 Å². The van der Waals surface area contributed by atoms with E-state index in [0.717, 1.165) is 50.1 Å². The van der Waals surface area contributed by atoms with Gasteiger partial charge in [0.15, 0.2) is 5.78 Å². The second-order valence-electron chi connectivity index (χ2n) is 8.94. The Hall–Kier alpha value is -4.75. The van der Waals surface area contributed by atoms with Gasteiger partial charge in [-0.3, -0.25) is 4.79 Å². The van der Waals surface area contributed by atoms with Crippen molar-refractivity contribution in [1.82, 2.24) is 0 Å². The van der Waals surface area contributed by atoms with Gasteiger partial charge in [-0.15, -0.1) is 0 Å². The molecule has 170 valence electrons. The molecule has 36 heavy (non-hydrogen) atoms. The molecule has 0 heterocycles.